The van der Waals surface area contributed by atoms with Crippen molar-refractivity contribution in [2.75, 3.05) is 16.6 Å². The largest absolute Gasteiger partial charge is 0.462 e. The molecule has 9 nitrogen and oxygen atoms in total. The van der Waals surface area contributed by atoms with Crippen molar-refractivity contribution in [2.45, 2.75) is 25.7 Å². The highest BCUT2D eigenvalue weighted by Gasteiger charge is 2.25. The Morgan fingerprint density at radius 3 is 2.56 bits per heavy atom. The van der Waals surface area contributed by atoms with Crippen LogP contribution in [-0.4, -0.2) is 26.2 Å². The molecule has 2 aromatic rings. The Morgan fingerprint density at radius 1 is 1.33 bits per heavy atom. The summed E-state index contributed by atoms with van der Waals surface area (Å²) in [6.07, 6.45) is 1.15. The average Bonchev–Trinajstić information content (AvgIpc) is 2.96. The normalized spacial score (nSPS) is 11.6. The Hall–Kier alpha value is -3.32. The first-order valence-electron chi connectivity index (χ1n) is 7.88. The van der Waals surface area contributed by atoms with Gasteiger partial charge in [-0.15, -0.1) is 0 Å². The fourth-order valence-corrected chi connectivity index (χ4v) is 3.66. The fourth-order valence-electron chi connectivity index (χ4n) is 2.25. The van der Waals surface area contributed by atoms with E-state index < -0.39 is 16.0 Å². The van der Waals surface area contributed by atoms with Crippen LogP contribution in [0.15, 0.2) is 45.5 Å². The third kappa shape index (κ3) is 4.65. The minimum absolute atomic E-state index is 0.0444. The van der Waals surface area contributed by atoms with Gasteiger partial charge in [-0.3, -0.25) is 4.72 Å². The summed E-state index contributed by atoms with van der Waals surface area (Å²) >= 11 is 0. The van der Waals surface area contributed by atoms with Gasteiger partial charge in [-0.25, -0.2) is 13.2 Å². The van der Waals surface area contributed by atoms with Crippen LogP contribution < -0.4 is 10.0 Å². The molecule has 0 saturated heterocycles. The number of benzene rings is 1. The molecule has 0 spiro atoms. The number of anilines is 2. The van der Waals surface area contributed by atoms with Gasteiger partial charge in [0.1, 0.15) is 11.8 Å². The van der Waals surface area contributed by atoms with Crippen LogP contribution in [0.25, 0.3) is 0 Å². The number of hydrogen-bond acceptors (Lipinski definition) is 8. The first kappa shape index (κ1) is 20.0. The maximum Gasteiger partial charge on any atom is 0.350 e. The number of nitrogens with one attached hydrogen (secondary N) is 2. The van der Waals surface area contributed by atoms with Crippen LogP contribution in [0, 0.1) is 25.2 Å². The van der Waals surface area contributed by atoms with E-state index in [0.717, 1.165) is 6.20 Å². The predicted octanol–water partition coefficient (Wildman–Crippen LogP) is 2.47. The van der Waals surface area contributed by atoms with Crippen molar-refractivity contribution < 1.29 is 22.5 Å². The molecule has 2 N–H and O–H groups in total. The third-order valence-electron chi connectivity index (χ3n) is 3.40. The minimum atomic E-state index is -3.95. The Bertz CT molecular complexity index is 999. The molecule has 0 saturated carbocycles. The molecule has 0 unspecified atom stereocenters. The van der Waals surface area contributed by atoms with E-state index in [1.807, 2.05) is 0 Å². The molecule has 0 amide bonds. The number of rotatable bonds is 7. The van der Waals surface area contributed by atoms with Crippen molar-refractivity contribution >= 4 is 27.4 Å². The molecule has 2 rings (SSSR count). The van der Waals surface area contributed by atoms with Crippen molar-refractivity contribution in [1.82, 2.24) is 5.16 Å². The van der Waals surface area contributed by atoms with E-state index in [0.29, 0.717) is 5.69 Å². The van der Waals surface area contributed by atoms with Gasteiger partial charge in [0.05, 0.1) is 18.0 Å². The maximum absolute atomic E-state index is 12.7. The Labute approximate surface area is 156 Å². The zero-order valence-corrected chi connectivity index (χ0v) is 15.8. The molecule has 142 valence electrons. The van der Waals surface area contributed by atoms with Crippen molar-refractivity contribution in [1.29, 1.82) is 5.26 Å². The second kappa shape index (κ2) is 8.37. The number of para-hydroxylation sites is 2. The van der Waals surface area contributed by atoms with E-state index >= 15 is 0 Å². The van der Waals surface area contributed by atoms with Crippen LogP contribution in [0.5, 0.6) is 0 Å². The summed E-state index contributed by atoms with van der Waals surface area (Å²) in [6.45, 7) is 4.78. The summed E-state index contributed by atoms with van der Waals surface area (Å²) < 4.78 is 37.5. The molecule has 10 heteroatoms. The van der Waals surface area contributed by atoms with Crippen LogP contribution in [-0.2, 0) is 19.6 Å². The summed E-state index contributed by atoms with van der Waals surface area (Å²) in [6, 6.07) is 8.14. The number of nitriles is 1. The molecule has 1 aromatic heterocycles. The van der Waals surface area contributed by atoms with Crippen molar-refractivity contribution in [3.63, 3.8) is 0 Å². The molecular weight excluding hydrogens is 372 g/mol. The van der Waals surface area contributed by atoms with Gasteiger partial charge in [0, 0.05) is 6.20 Å². The third-order valence-corrected chi connectivity index (χ3v) is 5.00. The SMILES string of the molecule is CCOC(=O)/C(C#N)=C/Nc1ccccc1NS(=O)(=O)c1c(C)noc1C. The highest BCUT2D eigenvalue weighted by Crippen LogP contribution is 2.27. The number of nitrogens with zero attached hydrogens (tertiary/aromatic N) is 2. The summed E-state index contributed by atoms with van der Waals surface area (Å²) in [4.78, 5) is 11.6. The Kier molecular flexibility index (Phi) is 6.20. The number of aryl methyl sites for hydroxylation is 2. The zero-order valence-electron chi connectivity index (χ0n) is 14.9. The summed E-state index contributed by atoms with van der Waals surface area (Å²) in [5.41, 5.74) is 0.541. The van der Waals surface area contributed by atoms with Gasteiger partial charge in [0.15, 0.2) is 16.2 Å². The molecule has 0 aliphatic carbocycles. The molecule has 0 aliphatic heterocycles. The lowest BCUT2D eigenvalue weighted by molar-refractivity contribution is -0.138. The minimum Gasteiger partial charge on any atom is -0.462 e. The molecule has 1 heterocycles. The van der Waals surface area contributed by atoms with Gasteiger partial charge >= 0.3 is 5.97 Å². The molecule has 27 heavy (non-hydrogen) atoms. The summed E-state index contributed by atoms with van der Waals surface area (Å²) in [5.74, 6) is -0.610. The predicted molar refractivity (Wildman–Crippen MR) is 97.2 cm³/mol. The molecule has 0 radical (unpaired) electrons. The Morgan fingerprint density at radius 2 is 2.00 bits per heavy atom. The first-order chi connectivity index (χ1) is 12.8. The number of carbonyl (C=O) groups is 1. The van der Waals surface area contributed by atoms with E-state index in [1.54, 1.807) is 31.2 Å². The molecule has 1 aromatic carbocycles. The van der Waals surface area contributed by atoms with Crippen LogP contribution in [0.4, 0.5) is 11.4 Å². The van der Waals surface area contributed by atoms with Crippen LogP contribution in [0.3, 0.4) is 0 Å². The summed E-state index contributed by atoms with van der Waals surface area (Å²) in [7, 11) is -3.95. The van der Waals surface area contributed by atoms with E-state index in [9.17, 15) is 13.2 Å². The van der Waals surface area contributed by atoms with Crippen LogP contribution >= 0.6 is 0 Å². The number of carbonyl (C=O) groups excluding carboxylic acids is 1. The average molecular weight is 390 g/mol. The lowest BCUT2D eigenvalue weighted by Gasteiger charge is -2.12. The second-order valence-electron chi connectivity index (χ2n) is 5.34. The number of ether oxygens (including phenoxy) is 1. The molecular formula is C17H18N4O5S. The topological polar surface area (TPSA) is 134 Å². The molecule has 0 fully saturated rings. The summed E-state index contributed by atoms with van der Waals surface area (Å²) in [5, 5.41) is 15.5. The zero-order chi connectivity index (χ0) is 20.0. The van der Waals surface area contributed by atoms with Gasteiger partial charge in [-0.05, 0) is 32.9 Å². The smallest absolute Gasteiger partial charge is 0.350 e. The number of esters is 1. The molecule has 0 aliphatic rings. The monoisotopic (exact) mass is 390 g/mol. The van der Waals surface area contributed by atoms with Gasteiger partial charge in [0.2, 0.25) is 0 Å². The van der Waals surface area contributed by atoms with E-state index in [1.165, 1.54) is 19.9 Å². The highest BCUT2D eigenvalue weighted by molar-refractivity contribution is 7.92. The second-order valence-corrected chi connectivity index (χ2v) is 6.96. The van der Waals surface area contributed by atoms with Crippen LogP contribution in [0.2, 0.25) is 0 Å². The lowest BCUT2D eigenvalue weighted by atomic mass is 10.2. The Balaban J connectivity index is 2.31. The van der Waals surface area contributed by atoms with Gasteiger partial charge in [-0.2, -0.15) is 5.26 Å². The van der Waals surface area contributed by atoms with Gasteiger partial charge in [-0.1, -0.05) is 17.3 Å². The molecule has 0 atom stereocenters. The molecule has 0 bridgehead atoms. The first-order valence-corrected chi connectivity index (χ1v) is 9.37. The lowest BCUT2D eigenvalue weighted by Crippen LogP contribution is -2.15. The van der Waals surface area contributed by atoms with E-state index in [2.05, 4.69) is 15.2 Å². The highest BCUT2D eigenvalue weighted by atomic mass is 32.2. The number of sulfonamides is 1. The van der Waals surface area contributed by atoms with Crippen molar-refractivity contribution in [3.05, 3.63) is 47.5 Å². The maximum atomic E-state index is 12.7. The standard InChI is InChI=1S/C17H18N4O5S/c1-4-25-17(22)13(9-18)10-19-14-7-5-6-8-15(14)21-27(23,24)16-11(2)20-26-12(16)3/h5-8,10,19,21H,4H2,1-3H3/b13-10+. The number of aromatic nitrogens is 1. The van der Waals surface area contributed by atoms with Crippen molar-refractivity contribution in [3.8, 4) is 6.07 Å². The fraction of sp³-hybridized carbons (Fsp3) is 0.235. The van der Waals surface area contributed by atoms with Crippen molar-refractivity contribution in [2.24, 2.45) is 0 Å². The van der Waals surface area contributed by atoms with E-state index in [-0.39, 0.29) is 34.2 Å². The van der Waals surface area contributed by atoms with Gasteiger partial charge in [0.25, 0.3) is 10.0 Å². The quantitative estimate of drug-likeness (QED) is 0.418. The number of hydrogen-bond donors (Lipinski definition) is 2. The van der Waals surface area contributed by atoms with Gasteiger partial charge < -0.3 is 14.6 Å². The van der Waals surface area contributed by atoms with E-state index in [4.69, 9.17) is 14.5 Å². The van der Waals surface area contributed by atoms with Crippen LogP contribution in [0.1, 0.15) is 18.4 Å².